The molecule has 2 aromatic rings. The van der Waals surface area contributed by atoms with E-state index in [4.69, 9.17) is 17.3 Å². The van der Waals surface area contributed by atoms with Crippen LogP contribution in [0.5, 0.6) is 0 Å². The lowest BCUT2D eigenvalue weighted by atomic mass is 10.0. The maximum absolute atomic E-state index is 13.9. The Morgan fingerprint density at radius 2 is 1.84 bits per heavy atom. The second-order valence-electron chi connectivity index (χ2n) is 9.28. The van der Waals surface area contributed by atoms with E-state index in [9.17, 15) is 26.0 Å². The number of carbonyl (C=O) groups excluding carboxylic acids is 1. The summed E-state index contributed by atoms with van der Waals surface area (Å²) in [5.74, 6) is -0.950. The van der Waals surface area contributed by atoms with Gasteiger partial charge in [0.2, 0.25) is 20.0 Å². The van der Waals surface area contributed by atoms with Crippen molar-refractivity contribution < 1.29 is 26.0 Å². The molecule has 10 nitrogen and oxygen atoms in total. The quantitative estimate of drug-likeness (QED) is 0.446. The topological polar surface area (TPSA) is 134 Å². The molecule has 0 atom stereocenters. The summed E-state index contributed by atoms with van der Waals surface area (Å²) >= 11 is 5.97. The maximum Gasteiger partial charge on any atom is 0.238 e. The van der Waals surface area contributed by atoms with E-state index in [-0.39, 0.29) is 35.6 Å². The number of aromatic nitrogens is 1. The third-order valence-electron chi connectivity index (χ3n) is 6.85. The SMILES string of the molecule is CS(=O)(=O)N1CC(N2CCC(S(=O)(=O)N(Cc3ccc(C(=O)CN)cn3)c3ccc(F)c(Cl)c3)CC2)C1. The van der Waals surface area contributed by atoms with Gasteiger partial charge in [-0.1, -0.05) is 11.6 Å². The van der Waals surface area contributed by atoms with E-state index < -0.39 is 31.1 Å². The van der Waals surface area contributed by atoms with Crippen LogP contribution in [0.4, 0.5) is 10.1 Å². The largest absolute Gasteiger partial charge is 0.324 e. The number of hydrogen-bond acceptors (Lipinski definition) is 8. The Labute approximate surface area is 221 Å². The molecule has 3 heterocycles. The summed E-state index contributed by atoms with van der Waals surface area (Å²) in [4.78, 5) is 18.2. The van der Waals surface area contributed by atoms with E-state index in [0.29, 0.717) is 50.3 Å². The Kier molecular flexibility index (Phi) is 8.22. The van der Waals surface area contributed by atoms with Crippen molar-refractivity contribution in [2.45, 2.75) is 30.7 Å². The summed E-state index contributed by atoms with van der Waals surface area (Å²) in [5, 5.41) is -0.901. The Bertz CT molecular complexity index is 1360. The summed E-state index contributed by atoms with van der Waals surface area (Å²) < 4.78 is 67.4. The molecule has 0 spiro atoms. The number of sulfonamides is 2. The zero-order valence-corrected chi connectivity index (χ0v) is 22.6. The Morgan fingerprint density at radius 1 is 1.16 bits per heavy atom. The number of piperidine rings is 1. The van der Waals surface area contributed by atoms with Crippen molar-refractivity contribution in [3.05, 3.63) is 58.6 Å². The third kappa shape index (κ3) is 6.13. The van der Waals surface area contributed by atoms with Gasteiger partial charge in [-0.15, -0.1) is 0 Å². The van der Waals surface area contributed by atoms with Crippen LogP contribution in [0.2, 0.25) is 5.02 Å². The second kappa shape index (κ2) is 10.9. The molecule has 0 unspecified atom stereocenters. The van der Waals surface area contributed by atoms with E-state index in [0.717, 1.165) is 6.07 Å². The molecule has 1 aromatic carbocycles. The summed E-state index contributed by atoms with van der Waals surface area (Å²) in [6, 6.07) is 6.91. The number of hydrogen-bond donors (Lipinski definition) is 1. The zero-order chi connectivity index (χ0) is 27.0. The van der Waals surface area contributed by atoms with Gasteiger partial charge in [0.1, 0.15) is 5.82 Å². The first-order valence-corrected chi connectivity index (χ1v) is 15.5. The van der Waals surface area contributed by atoms with Crippen LogP contribution < -0.4 is 10.0 Å². The maximum atomic E-state index is 13.9. The minimum Gasteiger partial charge on any atom is -0.324 e. The van der Waals surface area contributed by atoms with Crippen LogP contribution in [0.3, 0.4) is 0 Å². The van der Waals surface area contributed by atoms with Crippen molar-refractivity contribution in [2.75, 3.05) is 43.3 Å². The molecule has 2 aliphatic heterocycles. The van der Waals surface area contributed by atoms with E-state index in [1.165, 1.54) is 39.3 Å². The molecule has 37 heavy (non-hydrogen) atoms. The number of halogens is 2. The van der Waals surface area contributed by atoms with Gasteiger partial charge in [0, 0.05) is 30.9 Å². The lowest BCUT2D eigenvalue weighted by molar-refractivity contribution is 0.0728. The molecule has 2 aliphatic rings. The fourth-order valence-corrected chi connectivity index (χ4v) is 7.50. The first kappa shape index (κ1) is 27.9. The molecule has 0 radical (unpaired) electrons. The number of benzene rings is 1. The normalized spacial score (nSPS) is 18.5. The molecule has 0 saturated carbocycles. The fraction of sp³-hybridized carbons (Fsp3) is 0.478. The Balaban J connectivity index is 1.52. The van der Waals surface area contributed by atoms with Gasteiger partial charge in [0.05, 0.1) is 41.0 Å². The lowest BCUT2D eigenvalue weighted by Crippen LogP contribution is -2.62. The zero-order valence-electron chi connectivity index (χ0n) is 20.3. The van der Waals surface area contributed by atoms with Crippen LogP contribution in [0, 0.1) is 5.82 Å². The van der Waals surface area contributed by atoms with Gasteiger partial charge in [-0.3, -0.25) is 19.0 Å². The van der Waals surface area contributed by atoms with Crippen molar-refractivity contribution in [1.82, 2.24) is 14.2 Å². The second-order valence-corrected chi connectivity index (χ2v) is 13.8. The number of nitrogens with two attached hydrogens (primary N) is 1. The summed E-state index contributed by atoms with van der Waals surface area (Å²) in [6.07, 6.45) is 3.25. The Hall–Kier alpha value is -2.16. The van der Waals surface area contributed by atoms with Crippen LogP contribution >= 0.6 is 11.6 Å². The van der Waals surface area contributed by atoms with Gasteiger partial charge in [0.15, 0.2) is 5.78 Å². The highest BCUT2D eigenvalue weighted by atomic mass is 35.5. The molecular weight excluding hydrogens is 545 g/mol. The van der Waals surface area contributed by atoms with Crippen LogP contribution in [-0.4, -0.2) is 87.1 Å². The molecule has 4 rings (SSSR count). The number of anilines is 1. The van der Waals surface area contributed by atoms with Gasteiger partial charge in [-0.05, 0) is 56.3 Å². The number of pyridine rings is 1. The molecule has 0 amide bonds. The van der Waals surface area contributed by atoms with Gasteiger partial charge in [-0.2, -0.15) is 4.31 Å². The smallest absolute Gasteiger partial charge is 0.238 e. The molecule has 202 valence electrons. The standard InChI is InChI=1S/C23H29ClFN5O5S2/c1-36(32,33)29-14-19(15-29)28-8-6-20(7-9-28)37(34,35)30(18-4-5-22(25)21(24)10-18)13-17-3-2-16(12-27-17)23(31)11-26/h2-5,10,12,19-20H,6-9,11,13-15,26H2,1H3. The summed E-state index contributed by atoms with van der Waals surface area (Å²) in [6.45, 7) is 1.54. The van der Waals surface area contributed by atoms with Crippen LogP contribution in [0.1, 0.15) is 28.9 Å². The summed E-state index contributed by atoms with van der Waals surface area (Å²) in [5.41, 5.74) is 6.32. The van der Waals surface area contributed by atoms with Crippen molar-refractivity contribution in [1.29, 1.82) is 0 Å². The van der Waals surface area contributed by atoms with E-state index in [2.05, 4.69) is 9.88 Å². The highest BCUT2D eigenvalue weighted by Gasteiger charge is 2.41. The van der Waals surface area contributed by atoms with Gasteiger partial charge < -0.3 is 5.73 Å². The van der Waals surface area contributed by atoms with Crippen molar-refractivity contribution in [3.8, 4) is 0 Å². The predicted molar refractivity (Wildman–Crippen MR) is 139 cm³/mol. The molecule has 1 aromatic heterocycles. The number of nitrogens with zero attached hydrogens (tertiary/aromatic N) is 4. The lowest BCUT2D eigenvalue weighted by Gasteiger charge is -2.46. The minimum absolute atomic E-state index is 0.0735. The third-order valence-corrected chi connectivity index (χ3v) is 10.6. The number of likely N-dealkylation sites (tertiary alicyclic amines) is 1. The highest BCUT2D eigenvalue weighted by molar-refractivity contribution is 7.93. The molecule has 2 N–H and O–H groups in total. The summed E-state index contributed by atoms with van der Waals surface area (Å²) in [7, 11) is -7.14. The number of ketones is 1. The average Bonchev–Trinajstić information content (AvgIpc) is 2.82. The van der Waals surface area contributed by atoms with Gasteiger partial charge in [-0.25, -0.2) is 21.2 Å². The monoisotopic (exact) mass is 573 g/mol. The van der Waals surface area contributed by atoms with Crippen molar-refractivity contribution >= 4 is 43.1 Å². The molecule has 14 heteroatoms. The average molecular weight is 574 g/mol. The first-order chi connectivity index (χ1) is 17.4. The predicted octanol–water partition coefficient (Wildman–Crippen LogP) is 1.46. The van der Waals surface area contributed by atoms with E-state index in [1.54, 1.807) is 6.07 Å². The van der Waals surface area contributed by atoms with Gasteiger partial charge in [0.25, 0.3) is 0 Å². The molecule has 0 bridgehead atoms. The molecule has 2 fully saturated rings. The van der Waals surface area contributed by atoms with Crippen LogP contribution in [0.25, 0.3) is 0 Å². The molecule has 0 aliphatic carbocycles. The van der Waals surface area contributed by atoms with E-state index in [1.807, 2.05) is 0 Å². The van der Waals surface area contributed by atoms with Crippen molar-refractivity contribution in [2.24, 2.45) is 5.73 Å². The highest BCUT2D eigenvalue weighted by Crippen LogP contribution is 2.31. The van der Waals surface area contributed by atoms with Crippen LogP contribution in [0.15, 0.2) is 36.5 Å². The van der Waals surface area contributed by atoms with Crippen molar-refractivity contribution in [3.63, 3.8) is 0 Å². The molecule has 2 saturated heterocycles. The first-order valence-electron chi connectivity index (χ1n) is 11.7. The van der Waals surface area contributed by atoms with Gasteiger partial charge >= 0.3 is 0 Å². The number of rotatable bonds is 9. The minimum atomic E-state index is -3.92. The fourth-order valence-electron chi connectivity index (χ4n) is 4.55. The van der Waals surface area contributed by atoms with Crippen LogP contribution in [-0.2, 0) is 26.6 Å². The van der Waals surface area contributed by atoms with E-state index >= 15 is 0 Å². The molecular formula is C23H29ClFN5O5S2. The number of Topliss-reactive ketones (excluding diaryl/α,β-unsaturated/α-hetero) is 1. The number of carbonyl (C=O) groups is 1. The Morgan fingerprint density at radius 3 is 2.38 bits per heavy atom.